The van der Waals surface area contributed by atoms with Crippen molar-refractivity contribution < 1.29 is 14.4 Å². The van der Waals surface area contributed by atoms with Crippen molar-refractivity contribution in [3.8, 4) is 0 Å². The normalized spacial score (nSPS) is 22.5. The number of rotatable bonds is 2. The molecule has 0 spiro atoms. The molecule has 2 aliphatic rings. The zero-order valence-corrected chi connectivity index (χ0v) is 9.86. The molecule has 2 rings (SSSR count). The Morgan fingerprint density at radius 1 is 1.24 bits per heavy atom. The monoisotopic (exact) mass is 239 g/mol. The third kappa shape index (κ3) is 2.57. The molecule has 94 valence electrons. The summed E-state index contributed by atoms with van der Waals surface area (Å²) in [7, 11) is 0. The van der Waals surface area contributed by atoms with Crippen LogP contribution in [0.2, 0.25) is 0 Å². The molecule has 0 unspecified atom stereocenters. The summed E-state index contributed by atoms with van der Waals surface area (Å²) in [5.41, 5.74) is 4.45. The molecule has 0 radical (unpaired) electrons. The van der Waals surface area contributed by atoms with Gasteiger partial charge in [0.2, 0.25) is 5.91 Å². The van der Waals surface area contributed by atoms with E-state index < -0.39 is 17.7 Å². The first-order valence-electron chi connectivity index (χ1n) is 5.95. The minimum absolute atomic E-state index is 0.0218. The first-order valence-corrected chi connectivity index (χ1v) is 5.95. The van der Waals surface area contributed by atoms with Crippen LogP contribution in [0.5, 0.6) is 0 Å². The van der Waals surface area contributed by atoms with Gasteiger partial charge in [0.15, 0.2) is 0 Å². The Balaban J connectivity index is 1.88. The molecule has 6 nitrogen and oxygen atoms in total. The molecule has 0 saturated carbocycles. The molecule has 17 heavy (non-hydrogen) atoms. The summed E-state index contributed by atoms with van der Waals surface area (Å²) in [6.07, 6.45) is 1.97. The predicted molar refractivity (Wildman–Crippen MR) is 59.4 cm³/mol. The van der Waals surface area contributed by atoms with Crippen molar-refractivity contribution >= 4 is 17.7 Å². The topological polar surface area (TPSA) is 78.5 Å². The van der Waals surface area contributed by atoms with E-state index in [2.05, 4.69) is 17.8 Å². The fourth-order valence-corrected chi connectivity index (χ4v) is 2.16. The van der Waals surface area contributed by atoms with E-state index in [-0.39, 0.29) is 12.3 Å². The molecule has 6 heteroatoms. The average molecular weight is 239 g/mol. The molecular weight excluding hydrogens is 222 g/mol. The maximum atomic E-state index is 11.9. The lowest BCUT2D eigenvalue weighted by Gasteiger charge is -2.30. The summed E-state index contributed by atoms with van der Waals surface area (Å²) >= 11 is 0. The zero-order chi connectivity index (χ0) is 12.4. The van der Waals surface area contributed by atoms with Gasteiger partial charge >= 0.3 is 0 Å². The van der Waals surface area contributed by atoms with Gasteiger partial charge in [-0.05, 0) is 18.8 Å². The molecule has 0 aromatic carbocycles. The van der Waals surface area contributed by atoms with Gasteiger partial charge in [-0.3, -0.25) is 25.2 Å². The van der Waals surface area contributed by atoms with Crippen LogP contribution in [0.3, 0.4) is 0 Å². The van der Waals surface area contributed by atoms with Gasteiger partial charge in [0, 0.05) is 19.5 Å². The number of hydrogen-bond acceptors (Lipinski definition) is 3. The number of likely N-dealkylation sites (tertiary alicyclic amines) is 1. The summed E-state index contributed by atoms with van der Waals surface area (Å²) in [6.45, 7) is 3.63. The highest BCUT2D eigenvalue weighted by Crippen LogP contribution is 2.18. The Hall–Kier alpha value is -1.59. The van der Waals surface area contributed by atoms with E-state index in [0.717, 1.165) is 25.9 Å². The molecule has 2 N–H and O–H groups in total. The highest BCUT2D eigenvalue weighted by atomic mass is 16.2. The quantitative estimate of drug-likeness (QED) is 0.632. The van der Waals surface area contributed by atoms with Crippen LogP contribution in [0.4, 0.5) is 0 Å². The van der Waals surface area contributed by atoms with Gasteiger partial charge in [-0.1, -0.05) is 6.92 Å². The molecule has 0 aliphatic carbocycles. The molecule has 2 aliphatic heterocycles. The van der Waals surface area contributed by atoms with Crippen LogP contribution in [0.25, 0.3) is 0 Å². The van der Waals surface area contributed by atoms with Crippen molar-refractivity contribution in [2.75, 3.05) is 13.1 Å². The minimum atomic E-state index is -0.859. The Morgan fingerprint density at radius 3 is 2.29 bits per heavy atom. The largest absolute Gasteiger partial charge is 0.343 e. The lowest BCUT2D eigenvalue weighted by Crippen LogP contribution is -2.40. The first-order chi connectivity index (χ1) is 8.08. The molecule has 0 atom stereocenters. The van der Waals surface area contributed by atoms with Crippen molar-refractivity contribution in [2.45, 2.75) is 26.2 Å². The second-order valence-electron chi connectivity index (χ2n) is 4.80. The third-order valence-electron chi connectivity index (χ3n) is 3.46. The van der Waals surface area contributed by atoms with Crippen molar-refractivity contribution in [3.05, 3.63) is 0 Å². The second-order valence-corrected chi connectivity index (χ2v) is 4.80. The lowest BCUT2D eigenvalue weighted by atomic mass is 9.97. The van der Waals surface area contributed by atoms with E-state index in [4.69, 9.17) is 0 Å². The fourth-order valence-electron chi connectivity index (χ4n) is 2.16. The van der Waals surface area contributed by atoms with E-state index in [1.165, 1.54) is 0 Å². The van der Waals surface area contributed by atoms with Gasteiger partial charge in [-0.2, -0.15) is 0 Å². The van der Waals surface area contributed by atoms with Gasteiger partial charge in [0.25, 0.3) is 11.8 Å². The Labute approximate surface area is 99.7 Å². The van der Waals surface area contributed by atoms with Crippen molar-refractivity contribution in [2.24, 2.45) is 11.8 Å². The molecule has 2 heterocycles. The number of hydrazine groups is 1. The highest BCUT2D eigenvalue weighted by Gasteiger charge is 2.36. The van der Waals surface area contributed by atoms with Crippen molar-refractivity contribution in [3.63, 3.8) is 0 Å². The zero-order valence-electron chi connectivity index (χ0n) is 9.86. The first kappa shape index (κ1) is 11.9. The summed E-state index contributed by atoms with van der Waals surface area (Å²) < 4.78 is 0. The number of piperidine rings is 1. The van der Waals surface area contributed by atoms with Crippen LogP contribution in [0.1, 0.15) is 26.2 Å². The SMILES string of the molecule is CC1CCN(C(=O)CC2C(=O)NNC2=O)CC1. The van der Waals surface area contributed by atoms with Crippen molar-refractivity contribution in [1.29, 1.82) is 0 Å². The third-order valence-corrected chi connectivity index (χ3v) is 3.46. The molecule has 0 aromatic rings. The van der Waals surface area contributed by atoms with Crippen LogP contribution in [0.15, 0.2) is 0 Å². The Morgan fingerprint density at radius 2 is 1.76 bits per heavy atom. The molecular formula is C11H17N3O3. The maximum Gasteiger partial charge on any atom is 0.251 e. The molecule has 0 aromatic heterocycles. The molecule has 2 saturated heterocycles. The van der Waals surface area contributed by atoms with E-state index in [1.807, 2.05) is 0 Å². The van der Waals surface area contributed by atoms with Crippen LogP contribution in [-0.4, -0.2) is 35.7 Å². The second kappa shape index (κ2) is 4.73. The van der Waals surface area contributed by atoms with E-state index in [9.17, 15) is 14.4 Å². The summed E-state index contributed by atoms with van der Waals surface area (Å²) in [4.78, 5) is 36.2. The van der Waals surface area contributed by atoms with Crippen LogP contribution < -0.4 is 10.9 Å². The maximum absolute atomic E-state index is 11.9. The van der Waals surface area contributed by atoms with Gasteiger partial charge in [-0.15, -0.1) is 0 Å². The highest BCUT2D eigenvalue weighted by molar-refractivity contribution is 6.07. The standard InChI is InChI=1S/C11H17N3O3/c1-7-2-4-14(5-3-7)9(15)6-8-10(16)12-13-11(8)17/h7-8H,2-6H2,1H3,(H,12,16)(H,13,17). The number of carbonyl (C=O) groups is 3. The lowest BCUT2D eigenvalue weighted by molar-refractivity contribution is -0.139. The van der Waals surface area contributed by atoms with Gasteiger partial charge < -0.3 is 4.90 Å². The summed E-state index contributed by atoms with van der Waals surface area (Å²) in [5, 5.41) is 0. The van der Waals surface area contributed by atoms with Gasteiger partial charge in [0.05, 0.1) is 0 Å². The van der Waals surface area contributed by atoms with Gasteiger partial charge in [-0.25, -0.2) is 0 Å². The van der Waals surface area contributed by atoms with Gasteiger partial charge in [0.1, 0.15) is 5.92 Å². The number of amides is 3. The summed E-state index contributed by atoms with van der Waals surface area (Å²) in [5.74, 6) is -1.13. The van der Waals surface area contributed by atoms with E-state index in [0.29, 0.717) is 5.92 Å². The number of nitrogens with one attached hydrogen (secondary N) is 2. The van der Waals surface area contributed by atoms with E-state index >= 15 is 0 Å². The van der Waals surface area contributed by atoms with Crippen LogP contribution in [-0.2, 0) is 14.4 Å². The smallest absolute Gasteiger partial charge is 0.251 e. The van der Waals surface area contributed by atoms with E-state index in [1.54, 1.807) is 4.90 Å². The van der Waals surface area contributed by atoms with Crippen LogP contribution >= 0.6 is 0 Å². The number of hydrogen-bond donors (Lipinski definition) is 2. The fraction of sp³-hybridized carbons (Fsp3) is 0.727. The molecule has 0 bridgehead atoms. The van der Waals surface area contributed by atoms with Crippen molar-refractivity contribution in [1.82, 2.24) is 15.8 Å². The minimum Gasteiger partial charge on any atom is -0.343 e. The molecule has 2 fully saturated rings. The van der Waals surface area contributed by atoms with Crippen LogP contribution in [0, 0.1) is 11.8 Å². The number of nitrogens with zero attached hydrogens (tertiary/aromatic N) is 1. The Kier molecular flexibility index (Phi) is 3.31. The average Bonchev–Trinajstić information content (AvgIpc) is 2.61. The predicted octanol–water partition coefficient (Wildman–Crippen LogP) is -0.588. The Bertz CT molecular complexity index is 332. The summed E-state index contributed by atoms with van der Waals surface area (Å²) in [6, 6.07) is 0. The molecule has 3 amide bonds. The number of carbonyl (C=O) groups excluding carboxylic acids is 3.